The number of nitrogens with one attached hydrogen (secondary N) is 4. The van der Waals surface area contributed by atoms with Gasteiger partial charge >= 0.3 is 29.5 Å². The molecule has 3 heterocycles. The number of amides is 4. The first-order chi connectivity index (χ1) is 29.4. The van der Waals surface area contributed by atoms with E-state index in [4.69, 9.17) is 24.7 Å². The topological polar surface area (TPSA) is 425 Å². The summed E-state index contributed by atoms with van der Waals surface area (Å²) in [6, 6.07) is 6.83. The maximum Gasteiger partial charge on any atom is 0.481 e. The summed E-state index contributed by atoms with van der Waals surface area (Å²) >= 11 is 0.826. The molecule has 350 valence electrons. The van der Waals surface area contributed by atoms with Gasteiger partial charge in [-0.2, -0.15) is 4.31 Å². The number of phosphoric acid groups is 3. The third-order valence-corrected chi connectivity index (χ3v) is 12.8. The van der Waals surface area contributed by atoms with Crippen molar-refractivity contribution in [3.8, 4) is 0 Å². The number of hydrogen-bond acceptors (Lipinski definition) is 20. The molecule has 0 aliphatic carbocycles. The minimum atomic E-state index is -5.61. The molecule has 0 spiro atoms. The van der Waals surface area contributed by atoms with Gasteiger partial charge in [0.15, 0.2) is 17.7 Å². The van der Waals surface area contributed by atoms with Crippen molar-refractivity contribution >= 4 is 75.2 Å². The molecule has 1 aromatic carbocycles. The smallest absolute Gasteiger partial charge is 0.386 e. The normalized spacial score (nSPS) is 20.8. The molecule has 3 aromatic rings. The Morgan fingerprint density at radius 2 is 1.68 bits per heavy atom. The van der Waals surface area contributed by atoms with Crippen LogP contribution in [0.25, 0.3) is 11.2 Å². The number of thioether (sulfide) groups is 1. The number of hydroxylamine groups is 1. The number of ether oxygens (including phenoxy) is 1. The van der Waals surface area contributed by atoms with Crippen molar-refractivity contribution in [2.75, 3.05) is 37.8 Å². The van der Waals surface area contributed by atoms with Crippen LogP contribution in [0.3, 0.4) is 0 Å². The SMILES string of the molecule is CC(C)(COP(=O)(O)OP(=O)(O)OCC1OC(n2cnc3c(N)ncnc32)C(O)C1OP(=O)(O)O)C(O)C(=O)NCCC(=O)NCCSC(=O)C(Cc1ccccc1)NC(=O)NO. The average molecular weight is 974 g/mol. The molecule has 8 unspecified atom stereocenters. The number of nitrogens with two attached hydrogens (primary N) is 1. The van der Waals surface area contributed by atoms with Crippen molar-refractivity contribution < 1.29 is 90.5 Å². The number of urea groups is 1. The summed E-state index contributed by atoms with van der Waals surface area (Å²) in [6.07, 6.45) is -7.03. The monoisotopic (exact) mass is 973 g/mol. The number of phosphoric ester groups is 3. The second-order valence-electron chi connectivity index (χ2n) is 14.1. The molecule has 4 amide bonds. The quantitative estimate of drug-likeness (QED) is 0.0234. The first kappa shape index (κ1) is 51.6. The number of nitrogen functional groups attached to an aromatic ring is 1. The van der Waals surface area contributed by atoms with Gasteiger partial charge < -0.3 is 56.2 Å². The molecule has 28 nitrogen and oxygen atoms in total. The van der Waals surface area contributed by atoms with Gasteiger partial charge in [0.2, 0.25) is 16.9 Å². The predicted octanol–water partition coefficient (Wildman–Crippen LogP) is -1.04. The second-order valence-corrected chi connectivity index (χ2v) is 19.4. The van der Waals surface area contributed by atoms with Gasteiger partial charge in [-0.15, -0.1) is 0 Å². The van der Waals surface area contributed by atoms with Crippen LogP contribution in [0.5, 0.6) is 0 Å². The fourth-order valence-corrected chi connectivity index (χ4v) is 9.19. The van der Waals surface area contributed by atoms with Crippen LogP contribution in [0.15, 0.2) is 43.0 Å². The number of hydrogen-bond donors (Lipinski definition) is 12. The number of aromatic nitrogens is 4. The lowest BCUT2D eigenvalue weighted by molar-refractivity contribution is -0.137. The minimum Gasteiger partial charge on any atom is -0.386 e. The van der Waals surface area contributed by atoms with Crippen LogP contribution in [-0.4, -0.2) is 140 Å². The highest BCUT2D eigenvalue weighted by Crippen LogP contribution is 2.61. The molecule has 0 bridgehead atoms. The van der Waals surface area contributed by atoms with Gasteiger partial charge in [-0.25, -0.2) is 38.9 Å². The van der Waals surface area contributed by atoms with E-state index in [0.717, 1.165) is 34.5 Å². The lowest BCUT2D eigenvalue weighted by Crippen LogP contribution is -2.46. The average Bonchev–Trinajstić information content (AvgIpc) is 3.77. The maximum absolute atomic E-state index is 12.7. The van der Waals surface area contributed by atoms with Crippen molar-refractivity contribution in [3.63, 3.8) is 0 Å². The first-order valence-electron chi connectivity index (χ1n) is 18.2. The van der Waals surface area contributed by atoms with E-state index in [0.29, 0.717) is 0 Å². The molecular weight excluding hydrogens is 927 g/mol. The molecule has 8 atom stereocenters. The third-order valence-electron chi connectivity index (χ3n) is 8.72. The zero-order valence-corrected chi connectivity index (χ0v) is 36.6. The Morgan fingerprint density at radius 1 is 1.00 bits per heavy atom. The molecule has 1 aliphatic heterocycles. The molecule has 2 aromatic heterocycles. The van der Waals surface area contributed by atoms with Crippen molar-refractivity contribution in [2.24, 2.45) is 5.41 Å². The van der Waals surface area contributed by atoms with Crippen LogP contribution in [0.4, 0.5) is 10.6 Å². The highest BCUT2D eigenvalue weighted by atomic mass is 32.2. The Labute approximate surface area is 361 Å². The summed E-state index contributed by atoms with van der Waals surface area (Å²) in [5.74, 6) is -1.52. The van der Waals surface area contributed by atoms with E-state index >= 15 is 0 Å². The first-order valence-corrected chi connectivity index (χ1v) is 23.7. The molecule has 1 aliphatic rings. The zero-order chi connectivity index (χ0) is 46.8. The molecule has 1 saturated heterocycles. The number of imidazole rings is 1. The minimum absolute atomic E-state index is 0.0160. The number of nitrogens with zero attached hydrogens (tertiary/aromatic N) is 4. The van der Waals surface area contributed by atoms with Crippen LogP contribution in [0, 0.1) is 5.41 Å². The highest BCUT2D eigenvalue weighted by Gasteiger charge is 2.50. The third kappa shape index (κ3) is 15.6. The molecule has 0 radical (unpaired) electrons. The largest absolute Gasteiger partial charge is 0.481 e. The number of benzene rings is 1. The summed E-state index contributed by atoms with van der Waals surface area (Å²) < 4.78 is 62.2. The van der Waals surface area contributed by atoms with Gasteiger partial charge in [-0.05, 0) is 5.56 Å². The van der Waals surface area contributed by atoms with Gasteiger partial charge in [0.1, 0.15) is 42.3 Å². The summed E-state index contributed by atoms with van der Waals surface area (Å²) in [6.45, 7) is 0.105. The van der Waals surface area contributed by atoms with Crippen molar-refractivity contribution in [3.05, 3.63) is 48.5 Å². The number of rotatable bonds is 23. The fraction of sp³-hybridized carbons (Fsp3) is 0.516. The Balaban J connectivity index is 1.21. The molecule has 32 heteroatoms. The molecule has 4 rings (SSSR count). The van der Waals surface area contributed by atoms with E-state index in [1.165, 1.54) is 19.3 Å². The van der Waals surface area contributed by atoms with Crippen LogP contribution < -0.4 is 27.2 Å². The van der Waals surface area contributed by atoms with Crippen LogP contribution in [-0.2, 0) is 57.1 Å². The van der Waals surface area contributed by atoms with E-state index in [2.05, 4.69) is 39.7 Å². The summed E-state index contributed by atoms with van der Waals surface area (Å²) in [7, 11) is -16.5. The van der Waals surface area contributed by atoms with Gasteiger partial charge in [-0.1, -0.05) is 55.9 Å². The number of fused-ring (bicyclic) bond motifs is 1. The van der Waals surface area contributed by atoms with Crippen LogP contribution in [0.1, 0.15) is 32.1 Å². The summed E-state index contributed by atoms with van der Waals surface area (Å²) in [4.78, 5) is 100. The Hall–Kier alpha value is -3.99. The van der Waals surface area contributed by atoms with E-state index in [1.54, 1.807) is 30.3 Å². The molecule has 0 saturated carbocycles. The van der Waals surface area contributed by atoms with Crippen LogP contribution >= 0.6 is 35.2 Å². The summed E-state index contributed by atoms with van der Waals surface area (Å²) in [5, 5.41) is 37.1. The van der Waals surface area contributed by atoms with E-state index in [9.17, 15) is 62.7 Å². The number of aliphatic hydroxyl groups is 2. The standard InChI is InChI=1S/C31H46N9O19P3S/c1-31(2,24(43)27(44)34-9-8-20(41)33-10-11-63-29(45)18(38-30(46)39-47)12-17-6-4-3-5-7-17)14-56-62(53,54)59-61(51,52)55-13-19-23(58-60(48,49)50)22(42)28(57-19)40-16-37-21-25(32)35-15-36-26(21)40/h3-7,15-16,18-19,22-24,28,42-43,47H,8-14H2,1-2H3,(H,33,41)(H,34,44)(H,51,52)(H,53,54)(H2,32,35,36)(H2,38,39,46)(H2,48,49,50). The zero-order valence-electron chi connectivity index (χ0n) is 33.1. The Kier molecular flexibility index (Phi) is 18.3. The van der Waals surface area contributed by atoms with Crippen molar-refractivity contribution in [1.82, 2.24) is 40.9 Å². The number of anilines is 1. The van der Waals surface area contributed by atoms with E-state index < -0.39 is 102 Å². The fourth-order valence-electron chi connectivity index (χ4n) is 5.62. The lowest BCUT2D eigenvalue weighted by atomic mass is 9.87. The summed E-state index contributed by atoms with van der Waals surface area (Å²) in [5.41, 5.74) is 6.34. The number of carbonyl (C=O) groups is 4. The van der Waals surface area contributed by atoms with E-state index in [1.807, 2.05) is 0 Å². The molecular formula is C31H46N9O19P3S. The second kappa shape index (κ2) is 22.3. The Morgan fingerprint density at radius 3 is 2.35 bits per heavy atom. The van der Waals surface area contributed by atoms with Gasteiger partial charge in [0.25, 0.3) is 0 Å². The van der Waals surface area contributed by atoms with Gasteiger partial charge in [-0.3, -0.25) is 37.7 Å². The van der Waals surface area contributed by atoms with Gasteiger partial charge in [0.05, 0.1) is 19.5 Å². The number of carbonyl (C=O) groups excluding carboxylic acids is 4. The van der Waals surface area contributed by atoms with E-state index in [-0.39, 0.29) is 48.7 Å². The van der Waals surface area contributed by atoms with Crippen molar-refractivity contribution in [1.29, 1.82) is 0 Å². The predicted molar refractivity (Wildman–Crippen MR) is 214 cm³/mol. The van der Waals surface area contributed by atoms with Crippen molar-refractivity contribution in [2.45, 2.75) is 63.4 Å². The van der Waals surface area contributed by atoms with Gasteiger partial charge in [0, 0.05) is 37.1 Å². The Bertz CT molecular complexity index is 2220. The molecule has 13 N–H and O–H groups in total. The molecule has 1 fully saturated rings. The maximum atomic E-state index is 12.7. The lowest BCUT2D eigenvalue weighted by Gasteiger charge is -2.30. The molecule has 63 heavy (non-hydrogen) atoms. The van der Waals surface area contributed by atoms with Crippen LogP contribution in [0.2, 0.25) is 0 Å². The number of aliphatic hydroxyl groups excluding tert-OH is 2. The highest BCUT2D eigenvalue weighted by molar-refractivity contribution is 8.13.